The van der Waals surface area contributed by atoms with Crippen LogP contribution >= 0.6 is 15.9 Å². The maximum Gasteiger partial charge on any atom is 0.143 e. The third kappa shape index (κ3) is 3.14. The van der Waals surface area contributed by atoms with Crippen molar-refractivity contribution in [2.75, 3.05) is 30.9 Å². The highest BCUT2D eigenvalue weighted by Gasteiger charge is 2.33. The molecule has 1 heterocycles. The molecular weight excluding hydrogens is 294 g/mol. The summed E-state index contributed by atoms with van der Waals surface area (Å²) < 4.78 is 6.15. The molecule has 1 aromatic rings. The van der Waals surface area contributed by atoms with E-state index in [1.807, 2.05) is 6.07 Å². The van der Waals surface area contributed by atoms with Crippen LogP contribution in [0.1, 0.15) is 19.8 Å². The van der Waals surface area contributed by atoms with Crippen molar-refractivity contribution in [1.29, 1.82) is 0 Å². The second-order valence-corrected chi connectivity index (χ2v) is 5.69. The predicted octanol–water partition coefficient (Wildman–Crippen LogP) is 2.68. The fourth-order valence-corrected chi connectivity index (χ4v) is 2.78. The lowest BCUT2D eigenvalue weighted by molar-refractivity contribution is 0.202. The number of ether oxygens (including phenoxy) is 1. The Kier molecular flexibility index (Phi) is 4.45. The van der Waals surface area contributed by atoms with Crippen LogP contribution in [0.2, 0.25) is 0 Å². The van der Waals surface area contributed by atoms with Crippen LogP contribution in [0.3, 0.4) is 0 Å². The molecule has 0 radical (unpaired) electrons. The van der Waals surface area contributed by atoms with Gasteiger partial charge in [0.05, 0.1) is 23.0 Å². The highest BCUT2D eigenvalue weighted by molar-refractivity contribution is 9.10. The van der Waals surface area contributed by atoms with Gasteiger partial charge in [0, 0.05) is 19.7 Å². The van der Waals surface area contributed by atoms with Gasteiger partial charge < -0.3 is 15.4 Å². The van der Waals surface area contributed by atoms with E-state index in [1.54, 1.807) is 13.3 Å². The van der Waals surface area contributed by atoms with Crippen LogP contribution in [0.4, 0.5) is 11.5 Å². The highest BCUT2D eigenvalue weighted by Crippen LogP contribution is 2.38. The maximum atomic E-state index is 5.74. The van der Waals surface area contributed by atoms with Crippen LogP contribution in [0.25, 0.3) is 0 Å². The monoisotopic (exact) mass is 313 g/mol. The quantitative estimate of drug-likeness (QED) is 0.877. The number of pyridine rings is 1. The lowest BCUT2D eigenvalue weighted by atomic mass is 10.2. The second kappa shape index (κ2) is 5.89. The number of rotatable bonds is 6. The predicted molar refractivity (Wildman–Crippen MR) is 77.8 cm³/mol. The Bertz CT molecular complexity index is 409. The van der Waals surface area contributed by atoms with Crippen molar-refractivity contribution < 1.29 is 4.74 Å². The smallest absolute Gasteiger partial charge is 0.143 e. The molecule has 0 saturated heterocycles. The molecule has 1 fully saturated rings. The van der Waals surface area contributed by atoms with Crippen LogP contribution < -0.4 is 10.6 Å². The van der Waals surface area contributed by atoms with Crippen LogP contribution in [0.5, 0.6) is 0 Å². The van der Waals surface area contributed by atoms with E-state index >= 15 is 0 Å². The first-order valence-electron chi connectivity index (χ1n) is 6.30. The van der Waals surface area contributed by atoms with E-state index in [1.165, 1.54) is 12.8 Å². The summed E-state index contributed by atoms with van der Waals surface area (Å²) in [6.07, 6.45) is 4.34. The van der Waals surface area contributed by atoms with E-state index in [0.29, 0.717) is 18.3 Å². The Balaban J connectivity index is 2.20. The first-order chi connectivity index (χ1) is 8.63. The summed E-state index contributed by atoms with van der Waals surface area (Å²) in [5, 5.41) is 0. The van der Waals surface area contributed by atoms with Crippen molar-refractivity contribution in [3.8, 4) is 0 Å². The molecule has 0 aromatic carbocycles. The van der Waals surface area contributed by atoms with Crippen molar-refractivity contribution in [2.45, 2.75) is 25.8 Å². The van der Waals surface area contributed by atoms with Gasteiger partial charge in [-0.15, -0.1) is 0 Å². The second-order valence-electron chi connectivity index (χ2n) is 4.84. The van der Waals surface area contributed by atoms with Gasteiger partial charge >= 0.3 is 0 Å². The first-order valence-corrected chi connectivity index (χ1v) is 7.09. The van der Waals surface area contributed by atoms with E-state index in [2.05, 4.69) is 32.7 Å². The van der Waals surface area contributed by atoms with Crippen molar-refractivity contribution >= 4 is 27.4 Å². The van der Waals surface area contributed by atoms with Gasteiger partial charge in [-0.3, -0.25) is 0 Å². The number of anilines is 2. The van der Waals surface area contributed by atoms with Gasteiger partial charge in [0.15, 0.2) is 0 Å². The lowest BCUT2D eigenvalue weighted by Gasteiger charge is -2.31. The fraction of sp³-hybridized carbons (Fsp3) is 0.615. The summed E-state index contributed by atoms with van der Waals surface area (Å²) in [4.78, 5) is 6.77. The van der Waals surface area contributed by atoms with E-state index < -0.39 is 0 Å². The molecule has 18 heavy (non-hydrogen) atoms. The number of nitrogens with two attached hydrogens (primary N) is 1. The zero-order valence-corrected chi connectivity index (χ0v) is 12.5. The molecule has 2 rings (SSSR count). The zero-order valence-electron chi connectivity index (χ0n) is 10.9. The average molecular weight is 314 g/mol. The van der Waals surface area contributed by atoms with Crippen LogP contribution in [-0.2, 0) is 4.74 Å². The lowest BCUT2D eigenvalue weighted by Crippen LogP contribution is -2.38. The van der Waals surface area contributed by atoms with E-state index in [0.717, 1.165) is 22.8 Å². The molecule has 1 unspecified atom stereocenters. The summed E-state index contributed by atoms with van der Waals surface area (Å²) in [6, 6.07) is 2.40. The van der Waals surface area contributed by atoms with Gasteiger partial charge in [0.1, 0.15) is 5.82 Å². The third-order valence-corrected chi connectivity index (χ3v) is 4.03. The van der Waals surface area contributed by atoms with Crippen molar-refractivity contribution in [2.24, 2.45) is 5.92 Å². The van der Waals surface area contributed by atoms with Crippen molar-refractivity contribution in [3.63, 3.8) is 0 Å². The Labute approximate surface area is 117 Å². The molecule has 1 aliphatic rings. The standard InChI is InChI=1S/C13H20BrN3O/c1-9(10-3-4-10)17(5-6-18-2)13-12(14)7-11(15)8-16-13/h7-10H,3-6,15H2,1-2H3. The number of methoxy groups -OCH3 is 1. The van der Waals surface area contributed by atoms with Gasteiger partial charge in [-0.05, 0) is 47.7 Å². The molecule has 0 bridgehead atoms. The molecule has 1 aliphatic carbocycles. The number of hydrogen-bond acceptors (Lipinski definition) is 4. The van der Waals surface area contributed by atoms with Gasteiger partial charge in [0.25, 0.3) is 0 Å². The molecule has 4 nitrogen and oxygen atoms in total. The van der Waals surface area contributed by atoms with Gasteiger partial charge in [-0.1, -0.05) is 0 Å². The average Bonchev–Trinajstić information content (AvgIpc) is 3.15. The summed E-state index contributed by atoms with van der Waals surface area (Å²) in [5.41, 5.74) is 6.42. The third-order valence-electron chi connectivity index (χ3n) is 3.45. The van der Waals surface area contributed by atoms with Crippen molar-refractivity contribution in [3.05, 3.63) is 16.7 Å². The molecule has 5 heteroatoms. The Morgan fingerprint density at radius 3 is 2.89 bits per heavy atom. The first kappa shape index (κ1) is 13.6. The summed E-state index contributed by atoms with van der Waals surface area (Å²) in [6.45, 7) is 3.82. The molecular formula is C13H20BrN3O. The van der Waals surface area contributed by atoms with Crippen LogP contribution in [0.15, 0.2) is 16.7 Å². The topological polar surface area (TPSA) is 51.4 Å². The SMILES string of the molecule is COCCN(c1ncc(N)cc1Br)C(C)C1CC1. The summed E-state index contributed by atoms with van der Waals surface area (Å²) >= 11 is 3.55. The number of halogens is 1. The minimum atomic E-state index is 0.493. The zero-order chi connectivity index (χ0) is 13.1. The number of nitrogen functional groups attached to an aromatic ring is 1. The molecule has 0 spiro atoms. The van der Waals surface area contributed by atoms with Gasteiger partial charge in [-0.25, -0.2) is 4.98 Å². The Morgan fingerprint density at radius 1 is 1.61 bits per heavy atom. The Hall–Kier alpha value is -0.810. The molecule has 0 aliphatic heterocycles. The minimum absolute atomic E-state index is 0.493. The summed E-state index contributed by atoms with van der Waals surface area (Å²) in [7, 11) is 1.73. The van der Waals surface area contributed by atoms with Gasteiger partial charge in [-0.2, -0.15) is 0 Å². The summed E-state index contributed by atoms with van der Waals surface area (Å²) in [5.74, 6) is 1.74. The largest absolute Gasteiger partial charge is 0.397 e. The molecule has 1 atom stereocenters. The van der Waals surface area contributed by atoms with E-state index in [9.17, 15) is 0 Å². The highest BCUT2D eigenvalue weighted by atomic mass is 79.9. The Morgan fingerprint density at radius 2 is 2.33 bits per heavy atom. The van der Waals surface area contributed by atoms with Gasteiger partial charge in [0.2, 0.25) is 0 Å². The molecule has 2 N–H and O–H groups in total. The van der Waals surface area contributed by atoms with E-state index in [4.69, 9.17) is 10.5 Å². The maximum absolute atomic E-state index is 5.74. The van der Waals surface area contributed by atoms with Crippen LogP contribution in [0, 0.1) is 5.92 Å². The molecule has 0 amide bonds. The number of hydrogen-bond donors (Lipinski definition) is 1. The molecule has 1 saturated carbocycles. The fourth-order valence-electron chi connectivity index (χ4n) is 2.18. The van der Waals surface area contributed by atoms with Crippen LogP contribution in [-0.4, -0.2) is 31.3 Å². The molecule has 100 valence electrons. The normalized spacial score (nSPS) is 16.6. The minimum Gasteiger partial charge on any atom is -0.397 e. The van der Waals surface area contributed by atoms with Crippen molar-refractivity contribution in [1.82, 2.24) is 4.98 Å². The van der Waals surface area contributed by atoms with E-state index in [-0.39, 0.29) is 0 Å². The number of aromatic nitrogens is 1. The number of nitrogens with zero attached hydrogens (tertiary/aromatic N) is 2. The molecule has 1 aromatic heterocycles.